The Balaban J connectivity index is 1.53. The molecule has 55 heavy (non-hydrogen) atoms. The van der Waals surface area contributed by atoms with Gasteiger partial charge < -0.3 is 15.2 Å². The molecule has 0 spiro atoms. The first-order valence-corrected chi connectivity index (χ1v) is 17.6. The first-order chi connectivity index (χ1) is 26.9. The Hall–Kier alpha value is -7.26. The molecule has 7 aromatic rings. The number of hydrogen-bond acceptors (Lipinski definition) is 4. The van der Waals surface area contributed by atoms with Crippen molar-refractivity contribution in [2.24, 2.45) is 5.16 Å². The molecule has 9 rings (SSSR count). The number of allylic oxidation sites excluding steroid dienone is 1. The van der Waals surface area contributed by atoms with Crippen LogP contribution in [-0.2, 0) is 0 Å². The summed E-state index contributed by atoms with van der Waals surface area (Å²) in [7, 11) is 0. The Morgan fingerprint density at radius 1 is 0.473 bits per heavy atom. The summed E-state index contributed by atoms with van der Waals surface area (Å²) in [6, 6.07) is 45.9. The number of aromatic nitrogens is 4. The molecule has 2 aliphatic heterocycles. The van der Waals surface area contributed by atoms with Crippen LogP contribution in [-0.4, -0.2) is 37.0 Å². The fourth-order valence-corrected chi connectivity index (χ4v) is 7.36. The second-order valence-corrected chi connectivity index (χ2v) is 13.1. The summed E-state index contributed by atoms with van der Waals surface area (Å²) in [4.78, 5) is 17.4. The number of oxime groups is 1. The second kappa shape index (κ2) is 13.6. The molecule has 0 saturated heterocycles. The number of fused-ring (bicyclic) bond motifs is 8. The summed E-state index contributed by atoms with van der Waals surface area (Å²) in [6.07, 6.45) is 0.359. The zero-order valence-corrected chi connectivity index (χ0v) is 29.0. The highest BCUT2D eigenvalue weighted by Gasteiger charge is 2.42. The lowest BCUT2D eigenvalue weighted by Gasteiger charge is -2.12. The number of halogens is 3. The smallest absolute Gasteiger partial charge is 0.410 e. The summed E-state index contributed by atoms with van der Waals surface area (Å²) in [6.45, 7) is 0. The average molecular weight is 726 g/mol. The molecule has 3 aromatic heterocycles. The van der Waals surface area contributed by atoms with Gasteiger partial charge in [0.15, 0.2) is 5.71 Å². The lowest BCUT2D eigenvalue weighted by molar-refractivity contribution is -0.0591. The number of nitrogens with zero attached hydrogens (tertiary/aromatic N) is 3. The maximum atomic E-state index is 14.8. The van der Waals surface area contributed by atoms with Crippen LogP contribution in [0.1, 0.15) is 22.8 Å². The van der Waals surface area contributed by atoms with E-state index in [9.17, 15) is 18.4 Å². The minimum atomic E-state index is -5.00. The van der Waals surface area contributed by atoms with Crippen LogP contribution in [0.2, 0.25) is 0 Å². The van der Waals surface area contributed by atoms with Crippen LogP contribution in [0.15, 0.2) is 151 Å². The van der Waals surface area contributed by atoms with Gasteiger partial charge in [-0.25, -0.2) is 9.97 Å². The molecule has 8 bridgehead atoms. The molecular formula is C46H30F3N5O. The number of nitrogens with one attached hydrogen (secondary N) is 2. The SMILES string of the molecule is O/N=C(/C1=Cc2nc1c(-c1ccccc1)c1ccc([nH]1)c(-c1ccccc1)c1nc(c(-c3ccccc3)c3ccc([nH]3)c2-c2ccccc2)C=C1)C(F)(F)F. The van der Waals surface area contributed by atoms with Crippen LogP contribution in [0, 0.1) is 0 Å². The zero-order valence-electron chi connectivity index (χ0n) is 29.0. The second-order valence-electron chi connectivity index (χ2n) is 13.1. The van der Waals surface area contributed by atoms with Crippen molar-refractivity contribution in [3.8, 4) is 44.5 Å². The molecular weight excluding hydrogens is 696 g/mol. The molecule has 266 valence electrons. The fourth-order valence-electron chi connectivity index (χ4n) is 7.36. The van der Waals surface area contributed by atoms with Gasteiger partial charge in [0.05, 0.1) is 22.8 Å². The van der Waals surface area contributed by atoms with E-state index in [-0.39, 0.29) is 17.0 Å². The number of alkyl halides is 3. The summed E-state index contributed by atoms with van der Waals surface area (Å²) in [5.41, 5.74) is 8.26. The van der Waals surface area contributed by atoms with E-state index in [1.54, 1.807) is 0 Å². The van der Waals surface area contributed by atoms with E-state index in [0.29, 0.717) is 38.9 Å². The molecule has 2 aliphatic rings. The van der Waals surface area contributed by atoms with Crippen molar-refractivity contribution >= 4 is 51.6 Å². The predicted octanol–water partition coefficient (Wildman–Crippen LogP) is 12.1. The van der Waals surface area contributed by atoms with Gasteiger partial charge in [-0.15, -0.1) is 0 Å². The number of H-pyrrole nitrogens is 2. The molecule has 0 radical (unpaired) electrons. The minimum absolute atomic E-state index is 0.00134. The van der Waals surface area contributed by atoms with E-state index >= 15 is 0 Å². The van der Waals surface area contributed by atoms with Crippen LogP contribution >= 0.6 is 0 Å². The summed E-state index contributed by atoms with van der Waals surface area (Å²) in [5, 5.41) is 12.8. The lowest BCUT2D eigenvalue weighted by Crippen LogP contribution is -2.24. The Morgan fingerprint density at radius 3 is 1.22 bits per heavy atom. The minimum Gasteiger partial charge on any atom is -0.410 e. The quantitative estimate of drug-likeness (QED) is 0.0937. The Morgan fingerprint density at radius 2 is 0.836 bits per heavy atom. The summed E-state index contributed by atoms with van der Waals surface area (Å²) in [5.74, 6) is 0. The van der Waals surface area contributed by atoms with Crippen LogP contribution in [0.25, 0.3) is 90.4 Å². The van der Waals surface area contributed by atoms with E-state index in [1.165, 1.54) is 6.08 Å². The zero-order chi connectivity index (χ0) is 37.5. The fraction of sp³-hybridized carbons (Fsp3) is 0.0217. The van der Waals surface area contributed by atoms with Crippen molar-refractivity contribution in [2.75, 3.05) is 0 Å². The van der Waals surface area contributed by atoms with Gasteiger partial charge in [0.1, 0.15) is 0 Å². The molecule has 0 atom stereocenters. The molecule has 0 amide bonds. The third-order valence-electron chi connectivity index (χ3n) is 9.74. The van der Waals surface area contributed by atoms with E-state index in [1.807, 2.05) is 158 Å². The highest BCUT2D eigenvalue weighted by molar-refractivity contribution is 6.32. The van der Waals surface area contributed by atoms with E-state index < -0.39 is 11.9 Å². The first kappa shape index (κ1) is 33.6. The molecule has 0 unspecified atom stereocenters. The summed E-state index contributed by atoms with van der Waals surface area (Å²) < 4.78 is 44.5. The first-order valence-electron chi connectivity index (χ1n) is 17.6. The molecule has 3 N–H and O–H groups in total. The highest BCUT2D eigenvalue weighted by Crippen LogP contribution is 2.42. The Labute approximate surface area is 313 Å². The standard InChI is InChI=1S/C46H30F3N5O/c47-46(48,49)45(54-55)32-27-39-42(30-17-9-3-10-18-30)37-24-23-35(51-37)40(28-13-5-1-6-14-28)33-21-22-34(50-33)41(29-15-7-2-8-16-29)36-25-26-38(52-36)43(44(32)53-39)31-19-11-4-12-20-31/h1-27,51-52,55H/b40-33?,40-35?,41-34?,41-36?,42-37?,42-39?,43-38?,44-43?,54-45-. The summed E-state index contributed by atoms with van der Waals surface area (Å²) >= 11 is 0. The highest BCUT2D eigenvalue weighted by atomic mass is 19.4. The third-order valence-corrected chi connectivity index (χ3v) is 9.74. The number of rotatable bonds is 5. The van der Waals surface area contributed by atoms with E-state index in [0.717, 1.165) is 39.0 Å². The van der Waals surface area contributed by atoms with Crippen LogP contribution in [0.4, 0.5) is 13.2 Å². The van der Waals surface area contributed by atoms with Crippen molar-refractivity contribution in [1.29, 1.82) is 0 Å². The lowest BCUT2D eigenvalue weighted by atomic mass is 9.96. The predicted molar refractivity (Wildman–Crippen MR) is 215 cm³/mol. The molecule has 0 aliphatic carbocycles. The van der Waals surface area contributed by atoms with Crippen molar-refractivity contribution in [3.05, 3.63) is 168 Å². The monoisotopic (exact) mass is 725 g/mol. The van der Waals surface area contributed by atoms with Crippen molar-refractivity contribution < 1.29 is 18.4 Å². The van der Waals surface area contributed by atoms with Gasteiger partial charge in [0, 0.05) is 49.9 Å². The van der Waals surface area contributed by atoms with Crippen molar-refractivity contribution in [3.63, 3.8) is 0 Å². The van der Waals surface area contributed by atoms with Crippen molar-refractivity contribution in [2.45, 2.75) is 6.18 Å². The maximum Gasteiger partial charge on any atom is 0.437 e. The largest absolute Gasteiger partial charge is 0.437 e. The van der Waals surface area contributed by atoms with Gasteiger partial charge in [-0.2, -0.15) is 13.2 Å². The Bertz CT molecular complexity index is 2840. The molecule has 5 heterocycles. The maximum absolute atomic E-state index is 14.8. The van der Waals surface area contributed by atoms with Crippen LogP contribution in [0.3, 0.4) is 0 Å². The van der Waals surface area contributed by atoms with Gasteiger partial charge in [-0.05, 0) is 64.7 Å². The van der Waals surface area contributed by atoms with Gasteiger partial charge in [0.2, 0.25) is 0 Å². The third kappa shape index (κ3) is 6.11. The van der Waals surface area contributed by atoms with Crippen LogP contribution < -0.4 is 0 Å². The molecule has 0 saturated carbocycles. The van der Waals surface area contributed by atoms with Crippen LogP contribution in [0.5, 0.6) is 0 Å². The molecule has 4 aromatic carbocycles. The van der Waals surface area contributed by atoms with Gasteiger partial charge in [-0.3, -0.25) is 0 Å². The number of aromatic amines is 2. The van der Waals surface area contributed by atoms with Crippen molar-refractivity contribution in [1.82, 2.24) is 19.9 Å². The number of hydrogen-bond donors (Lipinski definition) is 3. The van der Waals surface area contributed by atoms with Gasteiger partial charge in [-0.1, -0.05) is 126 Å². The van der Waals surface area contributed by atoms with E-state index in [2.05, 4.69) is 15.1 Å². The molecule has 6 nitrogen and oxygen atoms in total. The van der Waals surface area contributed by atoms with Gasteiger partial charge >= 0.3 is 6.18 Å². The molecule has 0 fully saturated rings. The Kier molecular flexibility index (Phi) is 8.31. The average Bonchev–Trinajstić information content (AvgIpc) is 4.04. The number of benzene rings is 4. The molecule has 9 heteroatoms. The van der Waals surface area contributed by atoms with Gasteiger partial charge in [0.25, 0.3) is 0 Å². The normalized spacial score (nSPS) is 12.9. The topological polar surface area (TPSA) is 89.9 Å². The van der Waals surface area contributed by atoms with E-state index in [4.69, 9.17) is 9.97 Å².